The van der Waals surface area contributed by atoms with Gasteiger partial charge in [0.05, 0.1) is 18.2 Å². The second kappa shape index (κ2) is 5.79. The minimum absolute atomic E-state index is 0.529. The van der Waals surface area contributed by atoms with Gasteiger partial charge >= 0.3 is 0 Å². The van der Waals surface area contributed by atoms with Crippen molar-refractivity contribution < 1.29 is 0 Å². The van der Waals surface area contributed by atoms with Gasteiger partial charge in [-0.1, -0.05) is 31.2 Å². The van der Waals surface area contributed by atoms with E-state index >= 15 is 0 Å². The number of hydrogen-bond acceptors (Lipinski definition) is 3. The third kappa shape index (κ3) is 2.79. The monoisotopic (exact) mass is 278 g/mol. The zero-order valence-corrected chi connectivity index (χ0v) is 12.0. The first kappa shape index (κ1) is 13.4. The van der Waals surface area contributed by atoms with Crippen LogP contribution in [0.1, 0.15) is 18.1 Å². The molecule has 0 unspecified atom stereocenters. The van der Waals surface area contributed by atoms with Crippen molar-refractivity contribution >= 4 is 5.82 Å². The van der Waals surface area contributed by atoms with Gasteiger partial charge < -0.3 is 10.3 Å². The fourth-order valence-electron chi connectivity index (χ4n) is 2.48. The van der Waals surface area contributed by atoms with Crippen LogP contribution in [0.15, 0.2) is 55.1 Å². The molecule has 21 heavy (non-hydrogen) atoms. The van der Waals surface area contributed by atoms with E-state index in [1.807, 2.05) is 24.7 Å². The summed E-state index contributed by atoms with van der Waals surface area (Å²) >= 11 is 0. The van der Waals surface area contributed by atoms with Gasteiger partial charge in [0.25, 0.3) is 0 Å². The lowest BCUT2D eigenvalue weighted by atomic mass is 10.1. The van der Waals surface area contributed by atoms with Crippen LogP contribution >= 0.6 is 0 Å². The molecule has 4 nitrogen and oxygen atoms in total. The first-order valence-corrected chi connectivity index (χ1v) is 7.06. The number of benzene rings is 1. The molecule has 2 aromatic heterocycles. The molecule has 0 fully saturated rings. The Hall–Kier alpha value is -2.62. The molecule has 0 aliphatic carbocycles. The molecule has 3 rings (SSSR count). The molecule has 0 spiro atoms. The van der Waals surface area contributed by atoms with Crippen LogP contribution in [0.2, 0.25) is 0 Å². The van der Waals surface area contributed by atoms with E-state index in [1.54, 1.807) is 6.20 Å². The lowest BCUT2D eigenvalue weighted by Crippen LogP contribution is -2.03. The van der Waals surface area contributed by atoms with Crippen molar-refractivity contribution in [3.63, 3.8) is 0 Å². The molecule has 0 amide bonds. The fraction of sp³-hybridized carbons (Fsp3) is 0.176. The summed E-state index contributed by atoms with van der Waals surface area (Å²) in [5, 5.41) is 0. The SMILES string of the molecule is CCc1ccccc1Cn1cncc1-c1ccc(N)nc1. The number of nitrogen functional groups attached to an aromatic ring is 1. The van der Waals surface area contributed by atoms with Crippen LogP contribution in [-0.2, 0) is 13.0 Å². The van der Waals surface area contributed by atoms with Crippen molar-refractivity contribution in [2.75, 3.05) is 5.73 Å². The lowest BCUT2D eigenvalue weighted by Gasteiger charge is -2.11. The number of nitrogens with two attached hydrogens (primary N) is 1. The van der Waals surface area contributed by atoms with Crippen LogP contribution in [0.4, 0.5) is 5.82 Å². The first-order valence-electron chi connectivity index (χ1n) is 7.06. The van der Waals surface area contributed by atoms with E-state index in [-0.39, 0.29) is 0 Å². The molecule has 3 aromatic rings. The van der Waals surface area contributed by atoms with Crippen LogP contribution in [-0.4, -0.2) is 14.5 Å². The Morgan fingerprint density at radius 1 is 1.05 bits per heavy atom. The van der Waals surface area contributed by atoms with E-state index in [2.05, 4.69) is 45.7 Å². The number of pyridine rings is 1. The van der Waals surface area contributed by atoms with Gasteiger partial charge in [0, 0.05) is 18.3 Å². The topological polar surface area (TPSA) is 56.7 Å². The lowest BCUT2D eigenvalue weighted by molar-refractivity contribution is 0.793. The van der Waals surface area contributed by atoms with E-state index in [1.165, 1.54) is 11.1 Å². The van der Waals surface area contributed by atoms with Gasteiger partial charge in [-0.25, -0.2) is 9.97 Å². The highest BCUT2D eigenvalue weighted by atomic mass is 15.0. The molecule has 0 radical (unpaired) electrons. The third-order valence-corrected chi connectivity index (χ3v) is 3.63. The summed E-state index contributed by atoms with van der Waals surface area (Å²) in [6.07, 6.45) is 6.54. The molecule has 0 bridgehead atoms. The summed E-state index contributed by atoms with van der Waals surface area (Å²) in [6.45, 7) is 2.99. The predicted octanol–water partition coefficient (Wildman–Crippen LogP) is 3.14. The minimum atomic E-state index is 0.529. The van der Waals surface area contributed by atoms with E-state index in [0.29, 0.717) is 5.82 Å². The van der Waals surface area contributed by atoms with Gasteiger partial charge in [-0.15, -0.1) is 0 Å². The standard InChI is InChI=1S/C17H18N4/c1-2-13-5-3-4-6-15(13)11-21-12-19-10-16(21)14-7-8-17(18)20-9-14/h3-10,12H,2,11H2,1H3,(H2,18,20). The maximum atomic E-state index is 5.65. The number of aromatic nitrogens is 3. The molecule has 2 heterocycles. The van der Waals surface area contributed by atoms with Gasteiger partial charge in [0.15, 0.2) is 0 Å². The quantitative estimate of drug-likeness (QED) is 0.797. The van der Waals surface area contributed by atoms with Crippen molar-refractivity contribution in [3.8, 4) is 11.3 Å². The smallest absolute Gasteiger partial charge is 0.123 e. The van der Waals surface area contributed by atoms with E-state index in [9.17, 15) is 0 Å². The molecule has 0 aliphatic rings. The number of hydrogen-bond donors (Lipinski definition) is 1. The summed E-state index contributed by atoms with van der Waals surface area (Å²) in [7, 11) is 0. The highest BCUT2D eigenvalue weighted by Gasteiger charge is 2.08. The Kier molecular flexibility index (Phi) is 3.69. The number of nitrogens with zero attached hydrogens (tertiary/aromatic N) is 3. The number of imidazole rings is 1. The van der Waals surface area contributed by atoms with Crippen LogP contribution in [0, 0.1) is 0 Å². The van der Waals surface area contributed by atoms with Crippen LogP contribution in [0.25, 0.3) is 11.3 Å². The molecule has 0 aliphatic heterocycles. The van der Waals surface area contributed by atoms with Gasteiger partial charge in [-0.3, -0.25) is 0 Å². The van der Waals surface area contributed by atoms with E-state index in [0.717, 1.165) is 24.2 Å². The summed E-state index contributed by atoms with van der Waals surface area (Å²) in [5.41, 5.74) is 10.4. The van der Waals surface area contributed by atoms with E-state index < -0.39 is 0 Å². The number of anilines is 1. The molecule has 2 N–H and O–H groups in total. The third-order valence-electron chi connectivity index (χ3n) is 3.63. The molecule has 0 saturated heterocycles. The first-order chi connectivity index (χ1) is 10.3. The van der Waals surface area contributed by atoms with Crippen LogP contribution in [0.5, 0.6) is 0 Å². The molecular formula is C17H18N4. The van der Waals surface area contributed by atoms with Crippen LogP contribution < -0.4 is 5.73 Å². The van der Waals surface area contributed by atoms with Gasteiger partial charge in [-0.05, 0) is 29.7 Å². The summed E-state index contributed by atoms with van der Waals surface area (Å²) < 4.78 is 2.14. The molecule has 0 atom stereocenters. The second-order valence-electron chi connectivity index (χ2n) is 5.00. The second-order valence-corrected chi connectivity index (χ2v) is 5.00. The number of aryl methyl sites for hydroxylation is 1. The Morgan fingerprint density at radius 3 is 2.57 bits per heavy atom. The molecule has 106 valence electrons. The molecular weight excluding hydrogens is 260 g/mol. The maximum absolute atomic E-state index is 5.65. The molecule has 0 saturated carbocycles. The molecule has 4 heteroatoms. The Bertz CT molecular complexity index is 729. The van der Waals surface area contributed by atoms with Crippen LogP contribution in [0.3, 0.4) is 0 Å². The van der Waals surface area contributed by atoms with Gasteiger partial charge in [0.1, 0.15) is 5.82 Å². The van der Waals surface area contributed by atoms with Gasteiger partial charge in [-0.2, -0.15) is 0 Å². The van der Waals surface area contributed by atoms with Crippen molar-refractivity contribution in [1.29, 1.82) is 0 Å². The largest absolute Gasteiger partial charge is 0.384 e. The van der Waals surface area contributed by atoms with Crippen molar-refractivity contribution in [2.24, 2.45) is 0 Å². The van der Waals surface area contributed by atoms with E-state index in [4.69, 9.17) is 5.73 Å². The van der Waals surface area contributed by atoms with Crippen molar-refractivity contribution in [1.82, 2.24) is 14.5 Å². The Morgan fingerprint density at radius 2 is 1.86 bits per heavy atom. The fourth-order valence-corrected chi connectivity index (χ4v) is 2.48. The maximum Gasteiger partial charge on any atom is 0.123 e. The Labute approximate surface area is 124 Å². The normalized spacial score (nSPS) is 10.7. The zero-order chi connectivity index (χ0) is 14.7. The Balaban J connectivity index is 1.94. The summed E-state index contributed by atoms with van der Waals surface area (Å²) in [6, 6.07) is 12.3. The van der Waals surface area contributed by atoms with Crippen molar-refractivity contribution in [2.45, 2.75) is 19.9 Å². The van der Waals surface area contributed by atoms with Crippen molar-refractivity contribution in [3.05, 3.63) is 66.2 Å². The highest BCUT2D eigenvalue weighted by molar-refractivity contribution is 5.59. The average molecular weight is 278 g/mol. The molecule has 1 aromatic carbocycles. The minimum Gasteiger partial charge on any atom is -0.384 e. The summed E-state index contributed by atoms with van der Waals surface area (Å²) in [5.74, 6) is 0.529. The number of rotatable bonds is 4. The van der Waals surface area contributed by atoms with Gasteiger partial charge in [0.2, 0.25) is 0 Å². The average Bonchev–Trinajstić information content (AvgIpc) is 2.97. The summed E-state index contributed by atoms with van der Waals surface area (Å²) in [4.78, 5) is 8.43. The zero-order valence-electron chi connectivity index (χ0n) is 12.0. The predicted molar refractivity (Wildman–Crippen MR) is 84.8 cm³/mol. The highest BCUT2D eigenvalue weighted by Crippen LogP contribution is 2.21.